The summed E-state index contributed by atoms with van der Waals surface area (Å²) in [4.78, 5) is 28.2. The lowest BCUT2D eigenvalue weighted by Gasteiger charge is -2.10. The summed E-state index contributed by atoms with van der Waals surface area (Å²) in [7, 11) is 0. The zero-order valence-corrected chi connectivity index (χ0v) is 14.0. The highest BCUT2D eigenvalue weighted by Crippen LogP contribution is 2.25. The number of rotatable bonds is 6. The Morgan fingerprint density at radius 1 is 1.36 bits per heavy atom. The Hall–Kier alpha value is -1.86. The summed E-state index contributed by atoms with van der Waals surface area (Å²) in [6.45, 7) is 3.87. The maximum atomic E-state index is 12.2. The second-order valence-electron chi connectivity index (χ2n) is 4.85. The first kappa shape index (κ1) is 16.5. The maximum Gasteiger partial charge on any atom is 0.239 e. The first-order valence-corrected chi connectivity index (χ1v) is 8.47. The molecule has 1 aromatic carbocycles. The van der Waals surface area contributed by atoms with Gasteiger partial charge in [0.15, 0.2) is 5.13 Å². The highest BCUT2D eigenvalue weighted by molar-refractivity contribution is 8.00. The molecule has 7 heteroatoms. The van der Waals surface area contributed by atoms with Crippen LogP contribution in [-0.2, 0) is 16.0 Å². The van der Waals surface area contributed by atoms with Gasteiger partial charge < -0.3 is 11.1 Å². The van der Waals surface area contributed by atoms with Crippen LogP contribution in [0.25, 0.3) is 0 Å². The fourth-order valence-corrected chi connectivity index (χ4v) is 3.29. The fraction of sp³-hybridized carbons (Fsp3) is 0.267. The molecule has 3 N–H and O–H groups in total. The van der Waals surface area contributed by atoms with Crippen molar-refractivity contribution >= 4 is 40.0 Å². The largest absolute Gasteiger partial charge is 0.369 e. The summed E-state index contributed by atoms with van der Waals surface area (Å²) in [6.07, 6.45) is 0.0834. The Morgan fingerprint density at radius 2 is 2.05 bits per heavy atom. The SMILES string of the molecule is Cc1ccc(S[C@H](C)C(=O)Nc2nc(CC(N)=O)cs2)cc1. The van der Waals surface area contributed by atoms with Gasteiger partial charge in [-0.3, -0.25) is 9.59 Å². The Balaban J connectivity index is 1.92. The van der Waals surface area contributed by atoms with Gasteiger partial charge in [0.1, 0.15) is 0 Å². The van der Waals surface area contributed by atoms with Crippen LogP contribution in [0.5, 0.6) is 0 Å². The van der Waals surface area contributed by atoms with E-state index in [2.05, 4.69) is 10.3 Å². The van der Waals surface area contributed by atoms with Crippen LogP contribution < -0.4 is 11.1 Å². The molecule has 1 atom stereocenters. The van der Waals surface area contributed by atoms with Gasteiger partial charge in [-0.15, -0.1) is 23.1 Å². The molecule has 0 bridgehead atoms. The average molecular weight is 335 g/mol. The van der Waals surface area contributed by atoms with Crippen LogP contribution in [0.15, 0.2) is 34.5 Å². The molecule has 0 spiro atoms. The monoisotopic (exact) mass is 335 g/mol. The number of nitrogens with two attached hydrogens (primary N) is 1. The third kappa shape index (κ3) is 4.85. The summed E-state index contributed by atoms with van der Waals surface area (Å²) in [5.41, 5.74) is 6.88. The summed E-state index contributed by atoms with van der Waals surface area (Å²) in [5, 5.41) is 4.72. The van der Waals surface area contributed by atoms with Gasteiger partial charge in [0.2, 0.25) is 11.8 Å². The minimum absolute atomic E-state index is 0.0834. The molecule has 0 aliphatic rings. The second kappa shape index (κ2) is 7.42. The molecule has 2 rings (SSSR count). The quantitative estimate of drug-likeness (QED) is 0.795. The molecule has 2 amide bonds. The van der Waals surface area contributed by atoms with Crippen molar-refractivity contribution in [3.63, 3.8) is 0 Å². The van der Waals surface area contributed by atoms with Gasteiger partial charge in [-0.05, 0) is 26.0 Å². The van der Waals surface area contributed by atoms with E-state index in [1.165, 1.54) is 28.7 Å². The number of thiazole rings is 1. The Bertz CT molecular complexity index is 668. The zero-order valence-electron chi connectivity index (χ0n) is 12.3. The number of hydrogen-bond donors (Lipinski definition) is 2. The van der Waals surface area contributed by atoms with Crippen molar-refractivity contribution in [3.05, 3.63) is 40.9 Å². The van der Waals surface area contributed by atoms with E-state index in [0.717, 1.165) is 4.90 Å². The molecule has 0 radical (unpaired) electrons. The van der Waals surface area contributed by atoms with E-state index in [-0.39, 0.29) is 17.6 Å². The van der Waals surface area contributed by atoms with E-state index in [0.29, 0.717) is 10.8 Å². The number of aromatic nitrogens is 1. The topological polar surface area (TPSA) is 85.1 Å². The van der Waals surface area contributed by atoms with Gasteiger partial charge >= 0.3 is 0 Å². The Labute approximate surface area is 137 Å². The zero-order chi connectivity index (χ0) is 16.1. The van der Waals surface area contributed by atoms with Crippen molar-refractivity contribution in [3.8, 4) is 0 Å². The molecule has 1 heterocycles. The van der Waals surface area contributed by atoms with Crippen molar-refractivity contribution in [2.75, 3.05) is 5.32 Å². The van der Waals surface area contributed by atoms with Crippen LogP contribution in [-0.4, -0.2) is 22.0 Å². The molecular weight excluding hydrogens is 318 g/mol. The molecule has 0 aliphatic carbocycles. The molecule has 2 aromatic rings. The van der Waals surface area contributed by atoms with Crippen LogP contribution >= 0.6 is 23.1 Å². The number of aryl methyl sites for hydroxylation is 1. The number of nitrogens with one attached hydrogen (secondary N) is 1. The smallest absolute Gasteiger partial charge is 0.239 e. The molecular formula is C15H17N3O2S2. The lowest BCUT2D eigenvalue weighted by molar-refractivity contribution is -0.117. The third-order valence-electron chi connectivity index (χ3n) is 2.84. The molecule has 5 nitrogen and oxygen atoms in total. The second-order valence-corrected chi connectivity index (χ2v) is 7.12. The maximum absolute atomic E-state index is 12.2. The van der Waals surface area contributed by atoms with Crippen LogP contribution in [0.1, 0.15) is 18.2 Å². The molecule has 0 saturated carbocycles. The third-order valence-corrected chi connectivity index (χ3v) is 4.76. The van der Waals surface area contributed by atoms with E-state index in [1.807, 2.05) is 38.1 Å². The Morgan fingerprint density at radius 3 is 2.68 bits per heavy atom. The van der Waals surface area contributed by atoms with E-state index in [4.69, 9.17) is 5.73 Å². The van der Waals surface area contributed by atoms with Crippen LogP contribution in [0.3, 0.4) is 0 Å². The lowest BCUT2D eigenvalue weighted by atomic mass is 10.2. The summed E-state index contributed by atoms with van der Waals surface area (Å²) < 4.78 is 0. The number of nitrogens with zero attached hydrogens (tertiary/aromatic N) is 1. The number of benzene rings is 1. The number of primary amides is 1. The highest BCUT2D eigenvalue weighted by atomic mass is 32.2. The van der Waals surface area contributed by atoms with Crippen LogP contribution in [0.2, 0.25) is 0 Å². The van der Waals surface area contributed by atoms with Gasteiger partial charge in [-0.1, -0.05) is 17.7 Å². The van der Waals surface area contributed by atoms with Crippen molar-refractivity contribution in [1.82, 2.24) is 4.98 Å². The van der Waals surface area contributed by atoms with Gasteiger partial charge in [0.05, 0.1) is 17.4 Å². The van der Waals surface area contributed by atoms with Crippen LogP contribution in [0.4, 0.5) is 5.13 Å². The van der Waals surface area contributed by atoms with Gasteiger partial charge in [-0.2, -0.15) is 0 Å². The van der Waals surface area contributed by atoms with E-state index in [9.17, 15) is 9.59 Å². The average Bonchev–Trinajstić information content (AvgIpc) is 2.87. The molecule has 0 unspecified atom stereocenters. The minimum Gasteiger partial charge on any atom is -0.369 e. The number of carbonyl (C=O) groups is 2. The first-order chi connectivity index (χ1) is 10.4. The van der Waals surface area contributed by atoms with Crippen molar-refractivity contribution in [2.24, 2.45) is 5.73 Å². The molecule has 1 aromatic heterocycles. The Kier molecular flexibility index (Phi) is 5.57. The highest BCUT2D eigenvalue weighted by Gasteiger charge is 2.16. The minimum atomic E-state index is -0.438. The first-order valence-electron chi connectivity index (χ1n) is 6.71. The molecule has 0 saturated heterocycles. The molecule has 0 fully saturated rings. The normalized spacial score (nSPS) is 11.9. The number of thioether (sulfide) groups is 1. The van der Waals surface area contributed by atoms with Gasteiger partial charge in [0.25, 0.3) is 0 Å². The molecule has 22 heavy (non-hydrogen) atoms. The number of amides is 2. The standard InChI is InChI=1S/C15H17N3O2S2/c1-9-3-5-12(6-4-9)22-10(2)14(20)18-15-17-11(8-21-15)7-13(16)19/h3-6,8,10H,7H2,1-2H3,(H2,16,19)(H,17,18,20)/t10-/m1/s1. The summed E-state index contributed by atoms with van der Waals surface area (Å²) in [5.74, 6) is -0.558. The number of anilines is 1. The van der Waals surface area contributed by atoms with E-state index < -0.39 is 5.91 Å². The van der Waals surface area contributed by atoms with Gasteiger partial charge in [-0.25, -0.2) is 4.98 Å². The van der Waals surface area contributed by atoms with Gasteiger partial charge in [0, 0.05) is 10.3 Å². The fourth-order valence-electron chi connectivity index (χ4n) is 1.71. The number of hydrogen-bond acceptors (Lipinski definition) is 5. The summed E-state index contributed by atoms with van der Waals surface area (Å²) >= 11 is 2.77. The summed E-state index contributed by atoms with van der Waals surface area (Å²) in [6, 6.07) is 8.03. The van der Waals surface area contributed by atoms with E-state index >= 15 is 0 Å². The number of carbonyl (C=O) groups excluding carboxylic acids is 2. The predicted molar refractivity (Wildman–Crippen MR) is 90.1 cm³/mol. The lowest BCUT2D eigenvalue weighted by Crippen LogP contribution is -2.22. The van der Waals surface area contributed by atoms with Crippen molar-refractivity contribution < 1.29 is 9.59 Å². The van der Waals surface area contributed by atoms with Crippen molar-refractivity contribution in [1.29, 1.82) is 0 Å². The molecule has 116 valence electrons. The predicted octanol–water partition coefficient (Wildman–Crippen LogP) is 2.60. The van der Waals surface area contributed by atoms with E-state index in [1.54, 1.807) is 5.38 Å². The molecule has 0 aliphatic heterocycles. The van der Waals surface area contributed by atoms with Crippen LogP contribution in [0, 0.1) is 6.92 Å². The van der Waals surface area contributed by atoms with Crippen molar-refractivity contribution in [2.45, 2.75) is 30.4 Å².